The molecule has 146 valence electrons. The Morgan fingerprint density at radius 1 is 1.22 bits per heavy atom. The number of piperidine rings is 1. The molecule has 0 bridgehead atoms. The molecule has 1 aliphatic rings. The molecule has 2 N–H and O–H groups in total. The van der Waals surface area contributed by atoms with Crippen molar-refractivity contribution in [2.45, 2.75) is 25.4 Å². The minimum Gasteiger partial charge on any atom is -0.507 e. The standard InChI is InChI=1S/C20H25NO6/c1-2-20(25)27-14-16(22)13-26-17-8-6-15(18(23)12-17)7-9-19(24)21-10-4-3-5-11-21/h2,6-9,12,16,22-23H,1,3-5,10-11,13-14H2. The molecule has 2 rings (SSSR count). The summed E-state index contributed by atoms with van der Waals surface area (Å²) in [4.78, 5) is 24.8. The van der Waals surface area contributed by atoms with Gasteiger partial charge in [0.25, 0.3) is 0 Å². The zero-order valence-corrected chi connectivity index (χ0v) is 15.2. The maximum absolute atomic E-state index is 12.1. The first-order valence-corrected chi connectivity index (χ1v) is 8.89. The van der Waals surface area contributed by atoms with Crippen LogP contribution in [0.4, 0.5) is 0 Å². The van der Waals surface area contributed by atoms with Crippen molar-refractivity contribution in [1.29, 1.82) is 0 Å². The first kappa shape index (κ1) is 20.5. The number of esters is 1. The molecule has 1 aromatic carbocycles. The van der Waals surface area contributed by atoms with E-state index in [-0.39, 0.29) is 24.9 Å². The molecular weight excluding hydrogens is 350 g/mol. The van der Waals surface area contributed by atoms with Gasteiger partial charge in [0.2, 0.25) is 5.91 Å². The highest BCUT2D eigenvalue weighted by molar-refractivity contribution is 5.92. The average molecular weight is 375 g/mol. The number of hydrogen-bond acceptors (Lipinski definition) is 6. The Hall–Kier alpha value is -2.80. The largest absolute Gasteiger partial charge is 0.507 e. The number of carbonyl (C=O) groups is 2. The summed E-state index contributed by atoms with van der Waals surface area (Å²) in [5, 5.41) is 19.8. The summed E-state index contributed by atoms with van der Waals surface area (Å²) in [6, 6.07) is 4.63. The third-order valence-electron chi connectivity index (χ3n) is 4.10. The minimum absolute atomic E-state index is 0.0391. The molecule has 0 spiro atoms. The van der Waals surface area contributed by atoms with Crippen molar-refractivity contribution >= 4 is 18.0 Å². The lowest BCUT2D eigenvalue weighted by molar-refractivity contribution is -0.141. The molecule has 1 atom stereocenters. The molecule has 1 unspecified atom stereocenters. The van der Waals surface area contributed by atoms with Gasteiger partial charge < -0.3 is 24.6 Å². The topological polar surface area (TPSA) is 96.3 Å². The summed E-state index contributed by atoms with van der Waals surface area (Å²) in [5.41, 5.74) is 0.494. The molecule has 7 heteroatoms. The summed E-state index contributed by atoms with van der Waals surface area (Å²) < 4.78 is 10.1. The molecule has 0 radical (unpaired) electrons. The van der Waals surface area contributed by atoms with Gasteiger partial charge in [0, 0.05) is 36.9 Å². The molecule has 0 aliphatic carbocycles. The van der Waals surface area contributed by atoms with Gasteiger partial charge >= 0.3 is 5.97 Å². The van der Waals surface area contributed by atoms with Crippen LogP contribution in [0, 0.1) is 0 Å². The monoisotopic (exact) mass is 375 g/mol. The van der Waals surface area contributed by atoms with Crippen LogP contribution >= 0.6 is 0 Å². The lowest BCUT2D eigenvalue weighted by Gasteiger charge is -2.25. The van der Waals surface area contributed by atoms with E-state index in [9.17, 15) is 19.8 Å². The van der Waals surface area contributed by atoms with Gasteiger partial charge in [-0.1, -0.05) is 6.58 Å². The molecule has 0 aromatic heterocycles. The smallest absolute Gasteiger partial charge is 0.330 e. The third kappa shape index (κ3) is 6.79. The van der Waals surface area contributed by atoms with E-state index < -0.39 is 12.1 Å². The molecule has 1 amide bonds. The predicted molar refractivity (Wildman–Crippen MR) is 100 cm³/mol. The number of hydrogen-bond donors (Lipinski definition) is 2. The number of aromatic hydroxyl groups is 1. The van der Waals surface area contributed by atoms with Crippen LogP contribution in [0.1, 0.15) is 24.8 Å². The van der Waals surface area contributed by atoms with E-state index in [0.29, 0.717) is 11.3 Å². The fourth-order valence-electron chi connectivity index (χ4n) is 2.61. The molecule has 1 aliphatic heterocycles. The Bertz CT molecular complexity index is 694. The molecule has 27 heavy (non-hydrogen) atoms. The van der Waals surface area contributed by atoms with Crippen molar-refractivity contribution in [2.75, 3.05) is 26.3 Å². The Morgan fingerprint density at radius 2 is 1.96 bits per heavy atom. The van der Waals surface area contributed by atoms with Gasteiger partial charge in [-0.15, -0.1) is 0 Å². The molecule has 0 saturated carbocycles. The van der Waals surface area contributed by atoms with Crippen molar-refractivity contribution in [3.63, 3.8) is 0 Å². The highest BCUT2D eigenvalue weighted by Crippen LogP contribution is 2.25. The number of rotatable bonds is 8. The van der Waals surface area contributed by atoms with E-state index in [2.05, 4.69) is 6.58 Å². The number of benzene rings is 1. The van der Waals surface area contributed by atoms with Gasteiger partial charge in [-0.3, -0.25) is 4.79 Å². The molecule has 7 nitrogen and oxygen atoms in total. The lowest BCUT2D eigenvalue weighted by atomic mass is 10.1. The Balaban J connectivity index is 1.85. The number of amides is 1. The second kappa shape index (κ2) is 10.4. The van der Waals surface area contributed by atoms with Crippen molar-refractivity contribution in [1.82, 2.24) is 4.90 Å². The second-order valence-corrected chi connectivity index (χ2v) is 6.24. The van der Waals surface area contributed by atoms with Crippen LogP contribution in [0.15, 0.2) is 36.9 Å². The third-order valence-corrected chi connectivity index (χ3v) is 4.10. The van der Waals surface area contributed by atoms with Crippen LogP contribution in [0.5, 0.6) is 11.5 Å². The number of aliphatic hydroxyl groups excluding tert-OH is 1. The van der Waals surface area contributed by atoms with Crippen LogP contribution in [-0.4, -0.2) is 59.4 Å². The van der Waals surface area contributed by atoms with E-state index >= 15 is 0 Å². The first-order valence-electron chi connectivity index (χ1n) is 8.89. The molecule has 1 saturated heterocycles. The maximum atomic E-state index is 12.1. The summed E-state index contributed by atoms with van der Waals surface area (Å²) in [6.45, 7) is 4.48. The predicted octanol–water partition coefficient (Wildman–Crippen LogP) is 1.89. The van der Waals surface area contributed by atoms with Gasteiger partial charge in [0.15, 0.2) is 0 Å². The zero-order chi connectivity index (χ0) is 19.6. The fraction of sp³-hybridized carbons (Fsp3) is 0.400. The van der Waals surface area contributed by atoms with E-state index in [0.717, 1.165) is 38.4 Å². The number of ether oxygens (including phenoxy) is 2. The van der Waals surface area contributed by atoms with Crippen molar-refractivity contribution in [3.05, 3.63) is 42.5 Å². The van der Waals surface area contributed by atoms with Crippen LogP contribution in [0.25, 0.3) is 6.08 Å². The van der Waals surface area contributed by atoms with Gasteiger partial charge in [-0.2, -0.15) is 0 Å². The van der Waals surface area contributed by atoms with Gasteiger partial charge in [-0.05, 0) is 37.5 Å². The van der Waals surface area contributed by atoms with Crippen molar-refractivity contribution in [2.24, 2.45) is 0 Å². The number of aliphatic hydroxyl groups is 1. The summed E-state index contributed by atoms with van der Waals surface area (Å²) in [5.74, 6) is -0.377. The first-order chi connectivity index (χ1) is 13.0. The fourth-order valence-corrected chi connectivity index (χ4v) is 2.61. The van der Waals surface area contributed by atoms with Crippen LogP contribution in [0.2, 0.25) is 0 Å². The van der Waals surface area contributed by atoms with E-state index in [1.54, 1.807) is 23.1 Å². The van der Waals surface area contributed by atoms with E-state index in [4.69, 9.17) is 9.47 Å². The Labute approximate surface area is 158 Å². The summed E-state index contributed by atoms with van der Waals surface area (Å²) in [6.07, 6.45) is 6.23. The van der Waals surface area contributed by atoms with Gasteiger partial charge in [-0.25, -0.2) is 4.79 Å². The molecule has 1 heterocycles. The maximum Gasteiger partial charge on any atom is 0.330 e. The van der Waals surface area contributed by atoms with Crippen molar-refractivity contribution < 1.29 is 29.3 Å². The number of carbonyl (C=O) groups excluding carboxylic acids is 2. The number of phenols is 1. The second-order valence-electron chi connectivity index (χ2n) is 6.24. The average Bonchev–Trinajstić information content (AvgIpc) is 2.70. The normalized spacial score (nSPS) is 15.4. The van der Waals surface area contributed by atoms with E-state index in [1.165, 1.54) is 12.1 Å². The van der Waals surface area contributed by atoms with Crippen LogP contribution in [0.3, 0.4) is 0 Å². The van der Waals surface area contributed by atoms with Crippen LogP contribution in [-0.2, 0) is 14.3 Å². The van der Waals surface area contributed by atoms with Crippen LogP contribution < -0.4 is 4.74 Å². The highest BCUT2D eigenvalue weighted by atomic mass is 16.5. The molecule has 1 fully saturated rings. The highest BCUT2D eigenvalue weighted by Gasteiger charge is 2.14. The minimum atomic E-state index is -1.00. The van der Waals surface area contributed by atoms with Gasteiger partial charge in [0.05, 0.1) is 0 Å². The number of phenolic OH excluding ortho intramolecular Hbond substituents is 1. The zero-order valence-electron chi connectivity index (χ0n) is 15.2. The lowest BCUT2D eigenvalue weighted by Crippen LogP contribution is -2.34. The number of nitrogens with zero attached hydrogens (tertiary/aromatic N) is 1. The molecular formula is C20H25NO6. The molecule has 1 aromatic rings. The van der Waals surface area contributed by atoms with Crippen molar-refractivity contribution in [3.8, 4) is 11.5 Å². The number of likely N-dealkylation sites (tertiary alicyclic amines) is 1. The Kier molecular flexibility index (Phi) is 7.88. The SMILES string of the molecule is C=CC(=O)OCC(O)COc1ccc(C=CC(=O)N2CCCCC2)c(O)c1. The summed E-state index contributed by atoms with van der Waals surface area (Å²) >= 11 is 0. The Morgan fingerprint density at radius 3 is 2.63 bits per heavy atom. The van der Waals surface area contributed by atoms with E-state index in [1.807, 2.05) is 0 Å². The summed E-state index contributed by atoms with van der Waals surface area (Å²) in [7, 11) is 0. The quantitative estimate of drug-likeness (QED) is 0.532. The van der Waals surface area contributed by atoms with Gasteiger partial charge in [0.1, 0.15) is 30.8 Å².